The summed E-state index contributed by atoms with van der Waals surface area (Å²) in [5.74, 6) is -0.145. The van der Waals surface area contributed by atoms with Crippen LogP contribution in [0.25, 0.3) is 0 Å². The van der Waals surface area contributed by atoms with Gasteiger partial charge in [0.1, 0.15) is 5.75 Å². The highest BCUT2D eigenvalue weighted by atomic mass is 32.2. The number of ether oxygens (including phenoxy) is 2. The monoisotopic (exact) mass is 589 g/mol. The van der Waals surface area contributed by atoms with Gasteiger partial charge in [-0.1, -0.05) is 43.9 Å². The van der Waals surface area contributed by atoms with Gasteiger partial charge in [0.05, 0.1) is 22.9 Å². The van der Waals surface area contributed by atoms with E-state index >= 15 is 0 Å². The van der Waals surface area contributed by atoms with Gasteiger partial charge >= 0.3 is 5.97 Å². The molecule has 0 spiro atoms. The zero-order chi connectivity index (χ0) is 29.5. The van der Waals surface area contributed by atoms with Crippen LogP contribution in [-0.2, 0) is 32.4 Å². The van der Waals surface area contributed by atoms with E-state index in [1.54, 1.807) is 24.3 Å². The first-order valence-electron chi connectivity index (χ1n) is 15.0. The summed E-state index contributed by atoms with van der Waals surface area (Å²) in [6.45, 7) is 3.71. The average molecular weight is 590 g/mol. The van der Waals surface area contributed by atoms with Crippen LogP contribution in [-0.4, -0.2) is 56.2 Å². The molecule has 1 saturated carbocycles. The lowest BCUT2D eigenvalue weighted by Gasteiger charge is -2.15. The Kier molecular flexibility index (Phi) is 14.3. The summed E-state index contributed by atoms with van der Waals surface area (Å²) < 4.78 is 36.5. The highest BCUT2D eigenvalue weighted by Gasteiger charge is 2.30. The van der Waals surface area contributed by atoms with Crippen LogP contribution in [0, 0.1) is 0 Å². The highest BCUT2D eigenvalue weighted by Crippen LogP contribution is 2.30. The number of sulfone groups is 1. The molecular formula is C32H47NO7S. The first kappa shape index (κ1) is 33.2. The van der Waals surface area contributed by atoms with Crippen molar-refractivity contribution in [3.63, 3.8) is 0 Å². The minimum Gasteiger partial charge on any atom is -0.426 e. The number of hydrogen-bond donors (Lipinski definition) is 3. The topological polar surface area (TPSA) is 122 Å². The molecular weight excluding hydrogens is 542 g/mol. The minimum atomic E-state index is -3.20. The van der Waals surface area contributed by atoms with Gasteiger partial charge in [0.2, 0.25) is 0 Å². The van der Waals surface area contributed by atoms with Gasteiger partial charge in [-0.3, -0.25) is 4.79 Å². The van der Waals surface area contributed by atoms with E-state index in [1.165, 1.54) is 6.92 Å². The Balaban J connectivity index is 1.18. The minimum absolute atomic E-state index is 0.206. The largest absolute Gasteiger partial charge is 0.426 e. The number of carbonyl (C=O) groups excluding carboxylic acids is 1. The smallest absolute Gasteiger partial charge is 0.308 e. The van der Waals surface area contributed by atoms with E-state index in [0.717, 1.165) is 96.0 Å². The molecule has 8 nitrogen and oxygen atoms in total. The average Bonchev–Trinajstić information content (AvgIpc) is 3.52. The van der Waals surface area contributed by atoms with Crippen molar-refractivity contribution in [1.82, 2.24) is 5.32 Å². The Morgan fingerprint density at radius 1 is 1.00 bits per heavy atom. The van der Waals surface area contributed by atoms with Crippen LogP contribution >= 0.6 is 0 Å². The van der Waals surface area contributed by atoms with Crippen molar-refractivity contribution < 1.29 is 32.9 Å². The number of esters is 1. The Labute approximate surface area is 245 Å². The van der Waals surface area contributed by atoms with Gasteiger partial charge < -0.3 is 25.0 Å². The fourth-order valence-corrected chi connectivity index (χ4v) is 7.18. The molecule has 3 N–H and O–H groups in total. The predicted molar refractivity (Wildman–Crippen MR) is 160 cm³/mol. The molecule has 1 aliphatic rings. The third kappa shape index (κ3) is 11.1. The molecule has 0 aromatic heterocycles. The zero-order valence-electron chi connectivity index (χ0n) is 24.4. The summed E-state index contributed by atoms with van der Waals surface area (Å²) in [4.78, 5) is 11.6. The van der Waals surface area contributed by atoms with E-state index < -0.39 is 21.9 Å². The van der Waals surface area contributed by atoms with E-state index in [9.17, 15) is 23.4 Å². The molecule has 0 saturated heterocycles. The predicted octanol–water partition coefficient (Wildman–Crippen LogP) is 5.04. The molecule has 0 heterocycles. The van der Waals surface area contributed by atoms with Crippen molar-refractivity contribution in [2.75, 3.05) is 26.3 Å². The van der Waals surface area contributed by atoms with Gasteiger partial charge in [0, 0.05) is 32.2 Å². The third-order valence-electron chi connectivity index (χ3n) is 7.60. The molecule has 0 radical (unpaired) electrons. The second-order valence-electron chi connectivity index (χ2n) is 10.9. The quantitative estimate of drug-likeness (QED) is 0.118. The van der Waals surface area contributed by atoms with Crippen molar-refractivity contribution in [2.45, 2.75) is 100 Å². The number of benzene rings is 2. The van der Waals surface area contributed by atoms with Crippen molar-refractivity contribution >= 4 is 15.8 Å². The van der Waals surface area contributed by atoms with Crippen molar-refractivity contribution in [2.24, 2.45) is 0 Å². The fraction of sp³-hybridized carbons (Fsp3) is 0.594. The number of nitrogens with one attached hydrogen (secondary N) is 1. The summed E-state index contributed by atoms with van der Waals surface area (Å²) in [6, 6.07) is 12.4. The van der Waals surface area contributed by atoms with Gasteiger partial charge in [-0.2, -0.15) is 0 Å². The lowest BCUT2D eigenvalue weighted by atomic mass is 10.1. The van der Waals surface area contributed by atoms with Gasteiger partial charge in [-0.05, 0) is 86.9 Å². The Morgan fingerprint density at radius 2 is 1.73 bits per heavy atom. The van der Waals surface area contributed by atoms with E-state index in [0.29, 0.717) is 28.3 Å². The van der Waals surface area contributed by atoms with Crippen LogP contribution in [0.2, 0.25) is 0 Å². The normalized spacial score (nSPS) is 14.8. The van der Waals surface area contributed by atoms with Crippen molar-refractivity contribution in [3.8, 4) is 5.75 Å². The molecule has 9 heteroatoms. The summed E-state index contributed by atoms with van der Waals surface area (Å²) in [5.41, 5.74) is 2.21. The van der Waals surface area contributed by atoms with Crippen LogP contribution in [0.5, 0.6) is 5.75 Å². The molecule has 1 fully saturated rings. The summed E-state index contributed by atoms with van der Waals surface area (Å²) in [6.07, 6.45) is 9.87. The molecule has 0 amide bonds. The maximum absolute atomic E-state index is 12.8. The number of aryl methyl sites for hydroxylation is 1. The molecule has 2 aromatic carbocycles. The highest BCUT2D eigenvalue weighted by molar-refractivity contribution is 7.92. The number of rotatable bonds is 19. The van der Waals surface area contributed by atoms with Crippen LogP contribution in [0.15, 0.2) is 47.4 Å². The molecule has 1 atom stereocenters. The van der Waals surface area contributed by atoms with E-state index in [1.807, 2.05) is 18.2 Å². The number of unbranched alkanes of at least 4 members (excludes halogenated alkanes) is 4. The van der Waals surface area contributed by atoms with E-state index in [2.05, 4.69) is 5.32 Å². The number of carbonyl (C=O) groups is 1. The summed E-state index contributed by atoms with van der Waals surface area (Å²) in [7, 11) is -3.20. The van der Waals surface area contributed by atoms with Gasteiger partial charge in [-0.15, -0.1) is 0 Å². The second kappa shape index (κ2) is 17.6. The first-order valence-corrected chi connectivity index (χ1v) is 16.6. The molecule has 41 heavy (non-hydrogen) atoms. The molecule has 1 aliphatic carbocycles. The van der Waals surface area contributed by atoms with Crippen LogP contribution < -0.4 is 10.1 Å². The van der Waals surface area contributed by atoms with E-state index in [-0.39, 0.29) is 11.9 Å². The fourth-order valence-electron chi connectivity index (χ4n) is 5.25. The van der Waals surface area contributed by atoms with Gasteiger partial charge in [0.25, 0.3) is 0 Å². The SMILES string of the molecule is CC(=O)Oc1ccc([C@@H](O)CNCCCCCCOCCCCc2cccc(S(=O)(=O)C3CCCC3)c2)cc1CO. The molecule has 0 unspecified atom stereocenters. The first-order chi connectivity index (χ1) is 19.8. The van der Waals surface area contributed by atoms with Crippen LogP contribution in [0.3, 0.4) is 0 Å². The summed E-state index contributed by atoms with van der Waals surface area (Å²) >= 11 is 0. The number of aliphatic hydroxyl groups is 2. The van der Waals surface area contributed by atoms with Crippen LogP contribution in [0.1, 0.15) is 93.9 Å². The van der Waals surface area contributed by atoms with Crippen molar-refractivity contribution in [1.29, 1.82) is 0 Å². The van der Waals surface area contributed by atoms with Crippen molar-refractivity contribution in [3.05, 3.63) is 59.2 Å². The zero-order valence-corrected chi connectivity index (χ0v) is 25.2. The third-order valence-corrected chi connectivity index (χ3v) is 9.86. The number of aliphatic hydroxyl groups excluding tert-OH is 2. The molecule has 3 rings (SSSR count). The molecule has 0 bridgehead atoms. The maximum Gasteiger partial charge on any atom is 0.308 e. The summed E-state index contributed by atoms with van der Waals surface area (Å²) in [5, 5.41) is 23.0. The standard InChI is InChI=1S/C32H47NO7S/c1-25(35)40-32-17-16-27(22-28(32)24-34)31(36)23-33-18-7-2-3-8-19-39-20-9-6-11-26-12-10-15-30(21-26)41(37,38)29-13-4-5-14-29/h10,12,15-17,21-22,29,31,33-34,36H,2-9,11,13-14,18-20,23-24H2,1H3/t31-/m0/s1. The maximum atomic E-state index is 12.8. The van der Waals surface area contributed by atoms with E-state index in [4.69, 9.17) is 9.47 Å². The lowest BCUT2D eigenvalue weighted by Crippen LogP contribution is -2.22. The molecule has 228 valence electrons. The van der Waals surface area contributed by atoms with Gasteiger partial charge in [0.15, 0.2) is 9.84 Å². The van der Waals surface area contributed by atoms with Gasteiger partial charge in [-0.25, -0.2) is 8.42 Å². The molecule has 0 aliphatic heterocycles. The number of hydrogen-bond acceptors (Lipinski definition) is 8. The second-order valence-corrected chi connectivity index (χ2v) is 13.1. The Bertz CT molecular complexity index is 1180. The van der Waals surface area contributed by atoms with Crippen LogP contribution in [0.4, 0.5) is 0 Å². The molecule has 2 aromatic rings. The lowest BCUT2D eigenvalue weighted by molar-refractivity contribution is -0.131. The Morgan fingerprint density at radius 3 is 2.46 bits per heavy atom. The Hall–Kier alpha value is -2.30.